The summed E-state index contributed by atoms with van der Waals surface area (Å²) in [5.74, 6) is 0. The molecule has 1 saturated carbocycles. The number of pyridine rings is 1. The van der Waals surface area contributed by atoms with E-state index in [-0.39, 0.29) is 6.04 Å². The van der Waals surface area contributed by atoms with E-state index in [4.69, 9.17) is 5.73 Å². The number of halogens is 1. The summed E-state index contributed by atoms with van der Waals surface area (Å²) < 4.78 is 0.960. The molecule has 1 fully saturated rings. The second kappa shape index (κ2) is 4.20. The van der Waals surface area contributed by atoms with Crippen molar-refractivity contribution in [3.05, 3.63) is 28.5 Å². The van der Waals surface area contributed by atoms with Gasteiger partial charge in [0.2, 0.25) is 0 Å². The number of hydrogen-bond acceptors (Lipinski definition) is 3. The number of aromatic nitrogens is 1. The van der Waals surface area contributed by atoms with E-state index >= 15 is 0 Å². The van der Waals surface area contributed by atoms with Crippen molar-refractivity contribution in [2.45, 2.75) is 37.3 Å². The molecule has 2 atom stereocenters. The Morgan fingerprint density at radius 1 is 1.60 bits per heavy atom. The largest absolute Gasteiger partial charge is 0.389 e. The van der Waals surface area contributed by atoms with Gasteiger partial charge in [0.25, 0.3) is 0 Å². The minimum Gasteiger partial charge on any atom is -0.389 e. The Balaban J connectivity index is 2.05. The second-order valence-electron chi connectivity index (χ2n) is 4.37. The van der Waals surface area contributed by atoms with Crippen LogP contribution in [-0.2, 0) is 6.42 Å². The van der Waals surface area contributed by atoms with Crippen molar-refractivity contribution in [2.75, 3.05) is 0 Å². The van der Waals surface area contributed by atoms with Gasteiger partial charge in [-0.05, 0) is 47.3 Å². The van der Waals surface area contributed by atoms with E-state index < -0.39 is 5.60 Å². The van der Waals surface area contributed by atoms with Gasteiger partial charge in [-0.3, -0.25) is 4.98 Å². The highest BCUT2D eigenvalue weighted by atomic mass is 79.9. The van der Waals surface area contributed by atoms with Crippen molar-refractivity contribution in [3.63, 3.8) is 0 Å². The van der Waals surface area contributed by atoms with Crippen molar-refractivity contribution < 1.29 is 5.11 Å². The van der Waals surface area contributed by atoms with E-state index in [9.17, 15) is 5.11 Å². The first-order valence-corrected chi connectivity index (χ1v) is 5.95. The van der Waals surface area contributed by atoms with Gasteiger partial charge in [-0.2, -0.15) is 0 Å². The van der Waals surface area contributed by atoms with Crippen LogP contribution in [0.2, 0.25) is 0 Å². The van der Waals surface area contributed by atoms with Gasteiger partial charge in [0, 0.05) is 28.8 Å². The molecule has 1 heterocycles. The molecule has 3 nitrogen and oxygen atoms in total. The minimum atomic E-state index is -0.639. The molecule has 1 aliphatic rings. The monoisotopic (exact) mass is 270 g/mol. The Hall–Kier alpha value is -0.450. The Morgan fingerprint density at radius 2 is 2.40 bits per heavy atom. The van der Waals surface area contributed by atoms with Gasteiger partial charge in [-0.1, -0.05) is 0 Å². The van der Waals surface area contributed by atoms with Crippen molar-refractivity contribution >= 4 is 15.9 Å². The van der Waals surface area contributed by atoms with E-state index in [1.54, 1.807) is 6.20 Å². The van der Waals surface area contributed by atoms with E-state index in [1.165, 1.54) is 0 Å². The molecule has 0 amide bonds. The molecular weight excluding hydrogens is 256 g/mol. The molecule has 0 aliphatic heterocycles. The highest BCUT2D eigenvalue weighted by Crippen LogP contribution is 2.31. The SMILES string of the molecule is NC1CCC(O)(Cc2ccc(Br)cn2)C1. The first-order valence-electron chi connectivity index (χ1n) is 5.16. The van der Waals surface area contributed by atoms with E-state index in [2.05, 4.69) is 20.9 Å². The van der Waals surface area contributed by atoms with Gasteiger partial charge in [-0.25, -0.2) is 0 Å². The Kier molecular flexibility index (Phi) is 3.09. The third kappa shape index (κ3) is 2.77. The number of rotatable bonds is 2. The molecule has 15 heavy (non-hydrogen) atoms. The summed E-state index contributed by atoms with van der Waals surface area (Å²) in [6, 6.07) is 4.03. The number of nitrogens with two attached hydrogens (primary N) is 1. The molecule has 0 aromatic carbocycles. The van der Waals surface area contributed by atoms with Crippen LogP contribution in [0.3, 0.4) is 0 Å². The van der Waals surface area contributed by atoms with Crippen LogP contribution in [0.5, 0.6) is 0 Å². The van der Waals surface area contributed by atoms with Crippen LogP contribution in [0, 0.1) is 0 Å². The van der Waals surface area contributed by atoms with Gasteiger partial charge in [0.1, 0.15) is 0 Å². The number of aliphatic hydroxyl groups is 1. The van der Waals surface area contributed by atoms with E-state index in [1.807, 2.05) is 12.1 Å². The maximum absolute atomic E-state index is 10.3. The number of nitrogens with zero attached hydrogens (tertiary/aromatic N) is 1. The summed E-state index contributed by atoms with van der Waals surface area (Å²) in [4.78, 5) is 4.26. The van der Waals surface area contributed by atoms with Crippen LogP contribution in [0.4, 0.5) is 0 Å². The molecule has 82 valence electrons. The van der Waals surface area contributed by atoms with Crippen LogP contribution in [-0.4, -0.2) is 21.7 Å². The van der Waals surface area contributed by atoms with E-state index in [0.717, 1.165) is 23.0 Å². The summed E-state index contributed by atoms with van der Waals surface area (Å²) in [5.41, 5.74) is 6.09. The summed E-state index contributed by atoms with van der Waals surface area (Å²) in [6.45, 7) is 0. The van der Waals surface area contributed by atoms with Crippen LogP contribution < -0.4 is 5.73 Å². The van der Waals surface area contributed by atoms with Crippen LogP contribution in [0.1, 0.15) is 25.0 Å². The van der Waals surface area contributed by atoms with Crippen molar-refractivity contribution in [3.8, 4) is 0 Å². The highest BCUT2D eigenvalue weighted by Gasteiger charge is 2.35. The van der Waals surface area contributed by atoms with Crippen molar-refractivity contribution in [2.24, 2.45) is 5.73 Å². The molecule has 0 spiro atoms. The molecule has 2 unspecified atom stereocenters. The molecule has 0 radical (unpaired) electrons. The highest BCUT2D eigenvalue weighted by molar-refractivity contribution is 9.10. The smallest absolute Gasteiger partial charge is 0.0718 e. The first-order chi connectivity index (χ1) is 7.07. The standard InChI is InChI=1S/C11H15BrN2O/c12-8-1-2-10(14-7-8)6-11(15)4-3-9(13)5-11/h1-2,7,9,15H,3-6,13H2. The average Bonchev–Trinajstić information content (AvgIpc) is 2.50. The zero-order valence-electron chi connectivity index (χ0n) is 8.49. The summed E-state index contributed by atoms with van der Waals surface area (Å²) in [5, 5.41) is 10.3. The third-order valence-corrected chi connectivity index (χ3v) is 3.39. The third-order valence-electron chi connectivity index (χ3n) is 2.92. The molecule has 0 saturated heterocycles. The molecular formula is C11H15BrN2O. The number of hydrogen-bond donors (Lipinski definition) is 2. The molecule has 4 heteroatoms. The second-order valence-corrected chi connectivity index (χ2v) is 5.29. The normalized spacial score (nSPS) is 30.7. The van der Waals surface area contributed by atoms with Crippen LogP contribution >= 0.6 is 15.9 Å². The predicted octanol–water partition coefficient (Wildman–Crippen LogP) is 1.63. The van der Waals surface area contributed by atoms with Gasteiger partial charge in [-0.15, -0.1) is 0 Å². The first kappa shape index (κ1) is 11.0. The molecule has 3 N–H and O–H groups in total. The maximum Gasteiger partial charge on any atom is 0.0718 e. The van der Waals surface area contributed by atoms with Crippen LogP contribution in [0.25, 0.3) is 0 Å². The molecule has 1 aliphatic carbocycles. The average molecular weight is 271 g/mol. The van der Waals surface area contributed by atoms with E-state index in [0.29, 0.717) is 12.8 Å². The van der Waals surface area contributed by atoms with Gasteiger partial charge in [0.15, 0.2) is 0 Å². The fourth-order valence-electron chi connectivity index (χ4n) is 2.15. The lowest BCUT2D eigenvalue weighted by Crippen LogP contribution is -2.30. The van der Waals surface area contributed by atoms with Gasteiger partial charge >= 0.3 is 0 Å². The fraction of sp³-hybridized carbons (Fsp3) is 0.545. The molecule has 0 bridgehead atoms. The van der Waals surface area contributed by atoms with Crippen molar-refractivity contribution in [1.82, 2.24) is 4.98 Å². The van der Waals surface area contributed by atoms with Gasteiger partial charge < -0.3 is 10.8 Å². The quantitative estimate of drug-likeness (QED) is 0.859. The zero-order chi connectivity index (χ0) is 10.9. The van der Waals surface area contributed by atoms with Crippen molar-refractivity contribution in [1.29, 1.82) is 0 Å². The summed E-state index contributed by atoms with van der Waals surface area (Å²) >= 11 is 3.34. The Labute approximate surface area is 97.8 Å². The molecule has 1 aromatic heterocycles. The minimum absolute atomic E-state index is 0.144. The summed E-state index contributed by atoms with van der Waals surface area (Å²) in [6.07, 6.45) is 4.74. The maximum atomic E-state index is 10.3. The Morgan fingerprint density at radius 3 is 2.93 bits per heavy atom. The zero-order valence-corrected chi connectivity index (χ0v) is 10.1. The lowest BCUT2D eigenvalue weighted by atomic mass is 9.95. The topological polar surface area (TPSA) is 59.1 Å². The summed E-state index contributed by atoms with van der Waals surface area (Å²) in [7, 11) is 0. The lowest BCUT2D eigenvalue weighted by molar-refractivity contribution is 0.0459. The van der Waals surface area contributed by atoms with Gasteiger partial charge in [0.05, 0.1) is 5.60 Å². The fourth-order valence-corrected chi connectivity index (χ4v) is 2.39. The molecule has 2 rings (SSSR count). The Bertz CT molecular complexity index is 341. The van der Waals surface area contributed by atoms with Crippen LogP contribution in [0.15, 0.2) is 22.8 Å². The predicted molar refractivity (Wildman–Crippen MR) is 62.4 cm³/mol. The lowest BCUT2D eigenvalue weighted by Gasteiger charge is -2.21. The molecule has 1 aromatic rings.